The molecule has 0 saturated heterocycles. The monoisotopic (exact) mass is 565 g/mol. The number of benzene rings is 2. The van der Waals surface area contributed by atoms with Crippen molar-refractivity contribution < 1.29 is 24.2 Å². The Hall–Kier alpha value is -3.55. The average molecular weight is 566 g/mol. The maximum absolute atomic E-state index is 14.5. The van der Waals surface area contributed by atoms with Crippen LogP contribution in [0, 0.1) is 13.8 Å². The van der Waals surface area contributed by atoms with Crippen molar-refractivity contribution in [2.75, 3.05) is 6.54 Å². The number of carbonyl (C=O) groups excluding carboxylic acids is 3. The van der Waals surface area contributed by atoms with Crippen LogP contribution in [-0.4, -0.2) is 52.1 Å². The second-order valence-electron chi connectivity index (χ2n) is 12.1. The third kappa shape index (κ3) is 9.23. The molecule has 0 aliphatic heterocycles. The number of aromatic hydroxyl groups is 1. The highest BCUT2D eigenvalue weighted by Crippen LogP contribution is 2.34. The Balaban J connectivity index is 2.02. The first kappa shape index (κ1) is 32.0. The molecule has 41 heavy (non-hydrogen) atoms. The molecule has 0 radical (unpaired) electrons. The van der Waals surface area contributed by atoms with E-state index < -0.39 is 23.8 Å². The van der Waals surface area contributed by atoms with E-state index in [1.54, 1.807) is 49.9 Å². The summed E-state index contributed by atoms with van der Waals surface area (Å²) in [4.78, 5) is 43.0. The first-order valence-electron chi connectivity index (χ1n) is 14.8. The lowest BCUT2D eigenvalue weighted by molar-refractivity contribution is -0.147. The summed E-state index contributed by atoms with van der Waals surface area (Å²) >= 11 is 0. The molecule has 8 heteroatoms. The van der Waals surface area contributed by atoms with Gasteiger partial charge in [0.2, 0.25) is 11.8 Å². The molecule has 3 rings (SSSR count). The quantitative estimate of drug-likeness (QED) is 0.279. The standard InChI is InChI=1S/C33H47N3O5/c1-7-8-9-19-34-30(38)29(25-16-13-22(2)23(3)20-25)36(26-11-10-12-26)31(39)28(35-32(40)41-33(4,5)6)21-24-14-17-27(37)18-15-24/h13-18,20,26,28-29,37H,7-12,19,21H2,1-6H3,(H,34,38)(H,35,40). The van der Waals surface area contributed by atoms with Crippen molar-refractivity contribution in [2.45, 2.75) is 110 Å². The fourth-order valence-corrected chi connectivity index (χ4v) is 4.94. The largest absolute Gasteiger partial charge is 0.508 e. The van der Waals surface area contributed by atoms with Gasteiger partial charge in [-0.3, -0.25) is 9.59 Å². The molecule has 1 aliphatic carbocycles. The number of phenols is 1. The zero-order valence-corrected chi connectivity index (χ0v) is 25.5. The van der Waals surface area contributed by atoms with Gasteiger partial charge in [-0.2, -0.15) is 0 Å². The highest BCUT2D eigenvalue weighted by atomic mass is 16.6. The van der Waals surface area contributed by atoms with Gasteiger partial charge in [0.25, 0.3) is 0 Å². The lowest BCUT2D eigenvalue weighted by atomic mass is 9.87. The van der Waals surface area contributed by atoms with Crippen LogP contribution in [0.5, 0.6) is 5.75 Å². The zero-order chi connectivity index (χ0) is 30.2. The van der Waals surface area contributed by atoms with Crippen LogP contribution in [0.1, 0.15) is 94.5 Å². The molecule has 1 saturated carbocycles. The minimum atomic E-state index is -0.975. The number of hydrogen-bond donors (Lipinski definition) is 3. The highest BCUT2D eigenvalue weighted by Gasteiger charge is 2.42. The van der Waals surface area contributed by atoms with Gasteiger partial charge >= 0.3 is 6.09 Å². The van der Waals surface area contributed by atoms with Crippen LogP contribution in [0.4, 0.5) is 4.79 Å². The Bertz CT molecular complexity index is 1180. The molecule has 1 aliphatic rings. The van der Waals surface area contributed by atoms with Gasteiger partial charge in [-0.25, -0.2) is 4.79 Å². The fourth-order valence-electron chi connectivity index (χ4n) is 4.94. The van der Waals surface area contributed by atoms with Crippen LogP contribution in [0.15, 0.2) is 42.5 Å². The van der Waals surface area contributed by atoms with Crippen molar-refractivity contribution >= 4 is 17.9 Å². The highest BCUT2D eigenvalue weighted by molar-refractivity contribution is 5.92. The Morgan fingerprint density at radius 2 is 1.71 bits per heavy atom. The van der Waals surface area contributed by atoms with E-state index in [0.29, 0.717) is 6.54 Å². The van der Waals surface area contributed by atoms with Gasteiger partial charge in [-0.15, -0.1) is 0 Å². The van der Waals surface area contributed by atoms with E-state index in [4.69, 9.17) is 4.74 Å². The molecule has 2 unspecified atom stereocenters. The molecule has 2 atom stereocenters. The molecule has 224 valence electrons. The van der Waals surface area contributed by atoms with E-state index in [2.05, 4.69) is 17.6 Å². The number of rotatable bonds is 12. The number of carbonyl (C=O) groups is 3. The zero-order valence-electron chi connectivity index (χ0n) is 25.5. The number of alkyl carbamates (subject to hydrolysis) is 1. The second-order valence-corrected chi connectivity index (χ2v) is 12.1. The van der Waals surface area contributed by atoms with Crippen LogP contribution in [-0.2, 0) is 20.7 Å². The first-order chi connectivity index (χ1) is 19.4. The number of phenolic OH excluding ortho intramolecular Hbond substituents is 1. The Labute approximate surface area is 244 Å². The molecule has 3 amide bonds. The number of nitrogens with one attached hydrogen (secondary N) is 2. The number of amides is 3. The van der Waals surface area contributed by atoms with Crippen LogP contribution in [0.25, 0.3) is 0 Å². The van der Waals surface area contributed by atoms with Crippen molar-refractivity contribution in [1.29, 1.82) is 0 Å². The van der Waals surface area contributed by atoms with Crippen molar-refractivity contribution in [3.63, 3.8) is 0 Å². The van der Waals surface area contributed by atoms with Crippen molar-refractivity contribution in [2.24, 2.45) is 0 Å². The van der Waals surface area contributed by atoms with Crippen LogP contribution in [0.2, 0.25) is 0 Å². The molecule has 1 fully saturated rings. The summed E-state index contributed by atoms with van der Waals surface area (Å²) in [6, 6.07) is 10.5. The van der Waals surface area contributed by atoms with Crippen molar-refractivity contribution in [1.82, 2.24) is 15.5 Å². The van der Waals surface area contributed by atoms with E-state index in [-0.39, 0.29) is 30.0 Å². The predicted molar refractivity (Wildman–Crippen MR) is 161 cm³/mol. The summed E-state index contributed by atoms with van der Waals surface area (Å²) in [6.07, 6.45) is 4.93. The molecule has 2 aromatic carbocycles. The maximum Gasteiger partial charge on any atom is 0.408 e. The molecular formula is C33H47N3O5. The van der Waals surface area contributed by atoms with E-state index in [0.717, 1.165) is 60.8 Å². The Morgan fingerprint density at radius 1 is 1.02 bits per heavy atom. The molecule has 2 aromatic rings. The average Bonchev–Trinajstić information content (AvgIpc) is 2.86. The Morgan fingerprint density at radius 3 is 2.27 bits per heavy atom. The SMILES string of the molecule is CCCCCNC(=O)C(c1ccc(C)c(C)c1)N(C(=O)C(Cc1ccc(O)cc1)NC(=O)OC(C)(C)C)C1CCC1. The summed E-state index contributed by atoms with van der Waals surface area (Å²) in [7, 11) is 0. The molecule has 0 bridgehead atoms. The fraction of sp³-hybridized carbons (Fsp3) is 0.545. The lowest BCUT2D eigenvalue weighted by Crippen LogP contribution is -2.58. The number of aryl methyl sites for hydroxylation is 2. The van der Waals surface area contributed by atoms with E-state index in [1.165, 1.54) is 0 Å². The van der Waals surface area contributed by atoms with Gasteiger partial charge in [-0.1, -0.05) is 50.1 Å². The molecule has 8 nitrogen and oxygen atoms in total. The molecule has 0 spiro atoms. The summed E-state index contributed by atoms with van der Waals surface area (Å²) in [5, 5.41) is 15.7. The number of hydrogen-bond acceptors (Lipinski definition) is 5. The molecular weight excluding hydrogens is 518 g/mol. The van der Waals surface area contributed by atoms with Gasteiger partial charge in [0.05, 0.1) is 0 Å². The van der Waals surface area contributed by atoms with Gasteiger partial charge in [0, 0.05) is 19.0 Å². The predicted octanol–water partition coefficient (Wildman–Crippen LogP) is 5.87. The van der Waals surface area contributed by atoms with Crippen molar-refractivity contribution in [3.8, 4) is 5.75 Å². The Kier molecular flexibility index (Phi) is 11.2. The van der Waals surface area contributed by atoms with Crippen molar-refractivity contribution in [3.05, 3.63) is 64.7 Å². The minimum Gasteiger partial charge on any atom is -0.508 e. The van der Waals surface area contributed by atoms with Gasteiger partial charge in [0.15, 0.2) is 0 Å². The third-order valence-corrected chi connectivity index (χ3v) is 7.54. The van der Waals surface area contributed by atoms with Crippen LogP contribution >= 0.6 is 0 Å². The molecule has 0 aromatic heterocycles. The normalized spacial score (nSPS) is 14.9. The number of unbranched alkanes of at least 4 members (excludes halogenated alkanes) is 2. The first-order valence-corrected chi connectivity index (χ1v) is 14.8. The van der Waals surface area contributed by atoms with Gasteiger partial charge in [0.1, 0.15) is 23.4 Å². The van der Waals surface area contributed by atoms with Gasteiger partial charge in [-0.05, 0) is 94.7 Å². The maximum atomic E-state index is 14.5. The number of nitrogens with zero attached hydrogens (tertiary/aromatic N) is 1. The topological polar surface area (TPSA) is 108 Å². The third-order valence-electron chi connectivity index (χ3n) is 7.54. The smallest absolute Gasteiger partial charge is 0.408 e. The molecule has 0 heterocycles. The van der Waals surface area contributed by atoms with E-state index in [1.807, 2.05) is 32.0 Å². The summed E-state index contributed by atoms with van der Waals surface area (Å²) < 4.78 is 5.51. The van der Waals surface area contributed by atoms with E-state index >= 15 is 0 Å². The van der Waals surface area contributed by atoms with Gasteiger partial charge < -0.3 is 25.4 Å². The lowest BCUT2D eigenvalue weighted by Gasteiger charge is -2.43. The number of ether oxygens (including phenoxy) is 1. The second kappa shape index (κ2) is 14.4. The summed E-state index contributed by atoms with van der Waals surface area (Å²) in [5.74, 6) is -0.437. The van der Waals surface area contributed by atoms with Crippen LogP contribution in [0.3, 0.4) is 0 Å². The minimum absolute atomic E-state index is 0.113. The summed E-state index contributed by atoms with van der Waals surface area (Å²) in [5.41, 5.74) is 2.91. The summed E-state index contributed by atoms with van der Waals surface area (Å²) in [6.45, 7) is 12.0. The van der Waals surface area contributed by atoms with Crippen LogP contribution < -0.4 is 10.6 Å². The molecule has 3 N–H and O–H groups in total. The van der Waals surface area contributed by atoms with E-state index in [9.17, 15) is 19.5 Å².